The van der Waals surface area contributed by atoms with Gasteiger partial charge >= 0.3 is 5.97 Å². The van der Waals surface area contributed by atoms with Gasteiger partial charge in [0.25, 0.3) is 0 Å². The molecule has 0 bridgehead atoms. The molecule has 112 valence electrons. The van der Waals surface area contributed by atoms with Crippen LogP contribution in [0.5, 0.6) is 5.75 Å². The van der Waals surface area contributed by atoms with Crippen LogP contribution >= 0.6 is 39.1 Å². The van der Waals surface area contributed by atoms with Crippen LogP contribution in [0, 0.1) is 0 Å². The summed E-state index contributed by atoms with van der Waals surface area (Å²) in [6, 6.07) is 3.14. The van der Waals surface area contributed by atoms with Gasteiger partial charge in [0.1, 0.15) is 5.56 Å². The summed E-state index contributed by atoms with van der Waals surface area (Å²) in [6.07, 6.45) is 4.10. The highest BCUT2D eigenvalue weighted by Crippen LogP contribution is 2.34. The molecule has 0 aliphatic rings. The number of hydrogen-bond acceptors (Lipinski definition) is 3. The smallest absolute Gasteiger partial charge is 0.343 e. The Labute approximate surface area is 137 Å². The van der Waals surface area contributed by atoms with Gasteiger partial charge in [-0.25, -0.2) is 4.79 Å². The van der Waals surface area contributed by atoms with Crippen molar-refractivity contribution in [2.24, 2.45) is 0 Å². The first kappa shape index (κ1) is 17.6. The largest absolute Gasteiger partial charge is 0.494 e. The Morgan fingerprint density at radius 3 is 2.45 bits per heavy atom. The second-order valence-corrected chi connectivity index (χ2v) is 5.78. The van der Waals surface area contributed by atoms with Gasteiger partial charge in [-0.05, 0) is 25.0 Å². The zero-order chi connectivity index (χ0) is 15.0. The summed E-state index contributed by atoms with van der Waals surface area (Å²) in [5.74, 6) is -0.252. The van der Waals surface area contributed by atoms with E-state index in [4.69, 9.17) is 32.7 Å². The van der Waals surface area contributed by atoms with Crippen LogP contribution in [-0.4, -0.2) is 25.0 Å². The van der Waals surface area contributed by atoms with Gasteiger partial charge < -0.3 is 9.47 Å². The minimum Gasteiger partial charge on any atom is -0.494 e. The lowest BCUT2D eigenvalue weighted by Crippen LogP contribution is -2.09. The number of carbonyl (C=O) groups excluding carboxylic acids is 1. The summed E-state index contributed by atoms with van der Waals surface area (Å²) in [5, 5.41) is 1.61. The molecular weight excluding hydrogens is 367 g/mol. The van der Waals surface area contributed by atoms with Crippen molar-refractivity contribution in [3.8, 4) is 5.75 Å². The molecule has 0 saturated heterocycles. The second kappa shape index (κ2) is 9.48. The molecule has 0 heterocycles. The molecule has 0 amide bonds. The third kappa shape index (κ3) is 5.15. The van der Waals surface area contributed by atoms with Crippen LogP contribution in [0.15, 0.2) is 12.1 Å². The predicted molar refractivity (Wildman–Crippen MR) is 85.6 cm³/mol. The summed E-state index contributed by atoms with van der Waals surface area (Å²) < 4.78 is 10.3. The Bertz CT molecular complexity index is 452. The topological polar surface area (TPSA) is 35.5 Å². The molecule has 0 saturated carbocycles. The number of halogens is 3. The van der Waals surface area contributed by atoms with Crippen molar-refractivity contribution in [3.63, 3.8) is 0 Å². The number of rotatable bonds is 8. The zero-order valence-corrected chi connectivity index (χ0v) is 14.4. The monoisotopic (exact) mass is 382 g/mol. The minimum absolute atomic E-state index is 0.183. The van der Waals surface area contributed by atoms with Crippen molar-refractivity contribution in [2.75, 3.05) is 19.0 Å². The highest BCUT2D eigenvalue weighted by atomic mass is 79.9. The SMILES string of the molecule is COc1c(Cl)ccc(Cl)c1C(=O)OCCCCCCBr. The Balaban J connectivity index is 2.57. The van der Waals surface area contributed by atoms with E-state index in [0.717, 1.165) is 31.0 Å². The summed E-state index contributed by atoms with van der Waals surface area (Å²) in [6.45, 7) is 0.368. The number of hydrogen-bond donors (Lipinski definition) is 0. The van der Waals surface area contributed by atoms with Gasteiger partial charge in [-0.15, -0.1) is 0 Å². The van der Waals surface area contributed by atoms with Crippen molar-refractivity contribution in [1.82, 2.24) is 0 Å². The summed E-state index contributed by atoms with van der Waals surface area (Å²) in [5.41, 5.74) is 0.183. The van der Waals surface area contributed by atoms with Gasteiger partial charge in [0.2, 0.25) is 0 Å². The van der Waals surface area contributed by atoms with E-state index in [0.29, 0.717) is 11.6 Å². The Morgan fingerprint density at radius 2 is 1.80 bits per heavy atom. The van der Waals surface area contributed by atoms with Crippen molar-refractivity contribution >= 4 is 45.1 Å². The maximum atomic E-state index is 12.0. The van der Waals surface area contributed by atoms with Crippen LogP contribution in [0.1, 0.15) is 36.0 Å². The lowest BCUT2D eigenvalue weighted by molar-refractivity contribution is 0.0494. The third-order valence-corrected chi connectivity index (χ3v) is 3.90. The van der Waals surface area contributed by atoms with Crippen molar-refractivity contribution < 1.29 is 14.3 Å². The summed E-state index contributed by atoms with van der Waals surface area (Å²) >= 11 is 15.4. The number of alkyl halides is 1. The Morgan fingerprint density at radius 1 is 1.15 bits per heavy atom. The number of ether oxygens (including phenoxy) is 2. The molecule has 1 rings (SSSR count). The normalized spacial score (nSPS) is 10.4. The fraction of sp³-hybridized carbons (Fsp3) is 0.500. The van der Waals surface area contributed by atoms with Crippen LogP contribution in [0.25, 0.3) is 0 Å². The highest BCUT2D eigenvalue weighted by molar-refractivity contribution is 9.09. The third-order valence-electron chi connectivity index (χ3n) is 2.73. The van der Waals surface area contributed by atoms with E-state index in [9.17, 15) is 4.79 Å². The first-order valence-electron chi connectivity index (χ1n) is 6.37. The Kier molecular flexibility index (Phi) is 8.34. The molecule has 3 nitrogen and oxygen atoms in total. The molecule has 0 atom stereocenters. The van der Waals surface area contributed by atoms with E-state index in [1.807, 2.05) is 0 Å². The predicted octanol–water partition coefficient (Wildman–Crippen LogP) is 5.11. The van der Waals surface area contributed by atoms with Crippen LogP contribution in [-0.2, 0) is 4.74 Å². The summed E-state index contributed by atoms with van der Waals surface area (Å²) in [7, 11) is 1.44. The molecule has 6 heteroatoms. The zero-order valence-electron chi connectivity index (χ0n) is 11.3. The van der Waals surface area contributed by atoms with Crippen molar-refractivity contribution in [3.05, 3.63) is 27.7 Å². The Hall–Kier alpha value is -0.450. The van der Waals surface area contributed by atoms with Crippen LogP contribution in [0.2, 0.25) is 10.0 Å². The fourth-order valence-corrected chi connectivity index (χ4v) is 2.57. The van der Waals surface area contributed by atoms with E-state index in [1.165, 1.54) is 7.11 Å². The molecule has 0 fully saturated rings. The maximum absolute atomic E-state index is 12.0. The van der Waals surface area contributed by atoms with Gasteiger partial charge in [0.15, 0.2) is 5.75 Å². The summed E-state index contributed by atoms with van der Waals surface area (Å²) in [4.78, 5) is 12.0. The van der Waals surface area contributed by atoms with Gasteiger partial charge in [-0.3, -0.25) is 0 Å². The molecule has 0 N–H and O–H groups in total. The second-order valence-electron chi connectivity index (χ2n) is 4.18. The first-order chi connectivity index (χ1) is 9.61. The first-order valence-corrected chi connectivity index (χ1v) is 8.24. The van der Waals surface area contributed by atoms with E-state index in [2.05, 4.69) is 15.9 Å². The number of unbranched alkanes of at least 4 members (excludes halogenated alkanes) is 3. The van der Waals surface area contributed by atoms with Gasteiger partial charge in [0, 0.05) is 5.33 Å². The number of carbonyl (C=O) groups is 1. The molecular formula is C14H17BrCl2O3. The quantitative estimate of drug-likeness (QED) is 0.355. The molecule has 0 radical (unpaired) electrons. The van der Waals surface area contributed by atoms with Crippen LogP contribution in [0.3, 0.4) is 0 Å². The average Bonchev–Trinajstić information content (AvgIpc) is 2.44. The van der Waals surface area contributed by atoms with Gasteiger partial charge in [-0.1, -0.05) is 52.0 Å². The molecule has 0 unspecified atom stereocenters. The van der Waals surface area contributed by atoms with Crippen molar-refractivity contribution in [1.29, 1.82) is 0 Å². The van der Waals surface area contributed by atoms with E-state index < -0.39 is 5.97 Å². The van der Waals surface area contributed by atoms with Crippen LogP contribution in [0.4, 0.5) is 0 Å². The van der Waals surface area contributed by atoms with Crippen molar-refractivity contribution in [2.45, 2.75) is 25.7 Å². The molecule has 1 aromatic rings. The molecule has 0 aromatic heterocycles. The van der Waals surface area contributed by atoms with E-state index in [-0.39, 0.29) is 16.3 Å². The molecule has 20 heavy (non-hydrogen) atoms. The minimum atomic E-state index is -0.505. The number of methoxy groups -OCH3 is 1. The maximum Gasteiger partial charge on any atom is 0.343 e. The van der Waals surface area contributed by atoms with Gasteiger partial charge in [0.05, 0.1) is 23.8 Å². The van der Waals surface area contributed by atoms with E-state index >= 15 is 0 Å². The molecule has 0 aliphatic heterocycles. The van der Waals surface area contributed by atoms with Gasteiger partial charge in [-0.2, -0.15) is 0 Å². The number of benzene rings is 1. The number of esters is 1. The fourth-order valence-electron chi connectivity index (χ4n) is 1.71. The van der Waals surface area contributed by atoms with Crippen LogP contribution < -0.4 is 4.74 Å². The van der Waals surface area contributed by atoms with E-state index in [1.54, 1.807) is 12.1 Å². The standard InChI is InChI=1S/C14H17BrCl2O3/c1-19-13-11(17)7-6-10(16)12(13)14(18)20-9-5-3-2-4-8-15/h6-7H,2-5,8-9H2,1H3. The molecule has 0 aliphatic carbocycles. The lowest BCUT2D eigenvalue weighted by Gasteiger charge is -2.11. The molecule has 0 spiro atoms. The lowest BCUT2D eigenvalue weighted by atomic mass is 10.2. The molecule has 1 aromatic carbocycles. The highest BCUT2D eigenvalue weighted by Gasteiger charge is 2.20. The average molecular weight is 384 g/mol.